The number of aliphatic hydroxyl groups excluding tert-OH is 1. The summed E-state index contributed by atoms with van der Waals surface area (Å²) in [6.45, 7) is 3.63. The van der Waals surface area contributed by atoms with Gasteiger partial charge in [-0.3, -0.25) is 9.80 Å². The summed E-state index contributed by atoms with van der Waals surface area (Å²) in [6, 6.07) is 10.8. The van der Waals surface area contributed by atoms with Crippen molar-refractivity contribution >= 4 is 57.4 Å². The molecule has 0 aliphatic heterocycles. The van der Waals surface area contributed by atoms with Crippen molar-refractivity contribution in [1.82, 2.24) is 0 Å². The van der Waals surface area contributed by atoms with Gasteiger partial charge in [-0.2, -0.15) is 5.10 Å². The van der Waals surface area contributed by atoms with Crippen LogP contribution in [0.4, 0.5) is 11.4 Å². The minimum Gasteiger partial charge on any atom is -0.395 e. The number of hydrogen-bond acceptors (Lipinski definition) is 6. The monoisotopic (exact) mass is 519 g/mol. The first kappa shape index (κ1) is 26.2. The molecule has 0 radical (unpaired) electrons. The van der Waals surface area contributed by atoms with Gasteiger partial charge in [0.1, 0.15) is 0 Å². The number of halogens is 2. The van der Waals surface area contributed by atoms with Crippen molar-refractivity contribution in [2.45, 2.75) is 32.6 Å². The van der Waals surface area contributed by atoms with E-state index in [1.165, 1.54) is 23.4 Å². The molecule has 0 saturated heterocycles. The minimum absolute atomic E-state index is 0.00405. The summed E-state index contributed by atoms with van der Waals surface area (Å²) >= 11 is 13.8. The molecule has 1 aliphatic rings. The lowest BCUT2D eigenvalue weighted by atomic mass is 9.95. The van der Waals surface area contributed by atoms with E-state index in [1.54, 1.807) is 18.2 Å². The fourth-order valence-electron chi connectivity index (χ4n) is 2.95. The van der Waals surface area contributed by atoms with E-state index in [-0.39, 0.29) is 23.4 Å². The van der Waals surface area contributed by atoms with Gasteiger partial charge in [-0.1, -0.05) is 52.9 Å². The number of carbonyl (C=O) groups is 1. The van der Waals surface area contributed by atoms with Gasteiger partial charge in [0.15, 0.2) is 0 Å². The SMILES string of the molecule is CC(C)(C#Cc1ccc(NC(=O)CS/C(=N/N)N(N)c2ccc(C3CC3)cc2Cl)c(Cl)c1)CO. The van der Waals surface area contributed by atoms with Crippen LogP contribution >= 0.6 is 35.0 Å². The van der Waals surface area contributed by atoms with E-state index >= 15 is 0 Å². The van der Waals surface area contributed by atoms with Crippen molar-refractivity contribution in [3.8, 4) is 11.8 Å². The number of amidine groups is 1. The van der Waals surface area contributed by atoms with Gasteiger partial charge >= 0.3 is 0 Å². The van der Waals surface area contributed by atoms with E-state index in [9.17, 15) is 9.90 Å². The molecular formula is C24H27Cl2N5O2S. The summed E-state index contributed by atoms with van der Waals surface area (Å²) in [5.41, 5.74) is 2.35. The van der Waals surface area contributed by atoms with Gasteiger partial charge in [0.05, 0.1) is 33.8 Å². The van der Waals surface area contributed by atoms with Crippen LogP contribution in [0.1, 0.15) is 43.7 Å². The molecule has 1 amide bonds. The van der Waals surface area contributed by atoms with E-state index in [2.05, 4.69) is 22.3 Å². The lowest BCUT2D eigenvalue weighted by molar-refractivity contribution is -0.113. The van der Waals surface area contributed by atoms with Gasteiger partial charge < -0.3 is 16.3 Å². The molecule has 3 rings (SSSR count). The highest BCUT2D eigenvalue weighted by molar-refractivity contribution is 8.14. The van der Waals surface area contributed by atoms with Gasteiger partial charge in [0.25, 0.3) is 0 Å². The molecular weight excluding hydrogens is 493 g/mol. The molecule has 7 nitrogen and oxygen atoms in total. The molecule has 0 aromatic heterocycles. The molecule has 1 fully saturated rings. The van der Waals surface area contributed by atoms with Crippen molar-refractivity contribution in [1.29, 1.82) is 0 Å². The maximum Gasteiger partial charge on any atom is 0.234 e. The molecule has 0 unspecified atom stereocenters. The summed E-state index contributed by atoms with van der Waals surface area (Å²) < 4.78 is 0. The van der Waals surface area contributed by atoms with Crippen LogP contribution in [0.3, 0.4) is 0 Å². The number of anilines is 2. The van der Waals surface area contributed by atoms with Crippen LogP contribution < -0.4 is 22.0 Å². The standard InChI is InChI=1S/C24H27Cl2N5O2S/c1-24(2,14-32)10-9-15-3-7-20(18(25)11-15)29-22(33)13-34-23(30-27)31(28)21-8-6-17(12-19(21)26)16-4-5-16/h3,6-8,11-12,16,32H,4-5,13-14,27-28H2,1-2H3,(H,29,33)/b30-23+. The van der Waals surface area contributed by atoms with Crippen LogP contribution in [-0.4, -0.2) is 28.5 Å². The van der Waals surface area contributed by atoms with E-state index in [1.807, 2.05) is 32.0 Å². The highest BCUT2D eigenvalue weighted by atomic mass is 35.5. The third kappa shape index (κ3) is 7.05. The topological polar surface area (TPSA) is 117 Å². The predicted octanol–water partition coefficient (Wildman–Crippen LogP) is 4.52. The summed E-state index contributed by atoms with van der Waals surface area (Å²) in [6.07, 6.45) is 2.34. The average molecular weight is 520 g/mol. The van der Waals surface area contributed by atoms with Crippen molar-refractivity contribution < 1.29 is 9.90 Å². The largest absolute Gasteiger partial charge is 0.395 e. The zero-order valence-electron chi connectivity index (χ0n) is 18.9. The molecule has 6 N–H and O–H groups in total. The molecule has 10 heteroatoms. The number of amides is 1. The Bertz CT molecular complexity index is 1160. The molecule has 180 valence electrons. The fraction of sp³-hybridized carbons (Fsp3) is 0.333. The Hall–Kier alpha value is -2.41. The number of thioether (sulfide) groups is 1. The number of hydrazone groups is 1. The number of rotatable bonds is 6. The molecule has 0 heterocycles. The number of benzene rings is 2. The molecule has 0 bridgehead atoms. The Morgan fingerprint density at radius 2 is 2.00 bits per heavy atom. The first-order valence-corrected chi connectivity index (χ1v) is 12.4. The molecule has 1 saturated carbocycles. The summed E-state index contributed by atoms with van der Waals surface area (Å²) in [5, 5.41) is 18.1. The van der Waals surface area contributed by atoms with E-state index in [4.69, 9.17) is 34.9 Å². The van der Waals surface area contributed by atoms with E-state index in [0.717, 1.165) is 11.8 Å². The Labute approximate surface area is 213 Å². The second-order valence-corrected chi connectivity index (χ2v) is 10.3. The van der Waals surface area contributed by atoms with Gasteiger partial charge in [-0.25, -0.2) is 5.84 Å². The highest BCUT2D eigenvalue weighted by Gasteiger charge is 2.25. The smallest absolute Gasteiger partial charge is 0.234 e. The molecule has 2 aromatic rings. The third-order valence-electron chi connectivity index (χ3n) is 5.11. The summed E-state index contributed by atoms with van der Waals surface area (Å²) in [5.74, 6) is 17.9. The van der Waals surface area contributed by atoms with Crippen molar-refractivity contribution in [2.24, 2.45) is 22.2 Å². The third-order valence-corrected chi connectivity index (χ3v) is 6.69. The first-order valence-electron chi connectivity index (χ1n) is 10.6. The van der Waals surface area contributed by atoms with Crippen LogP contribution in [0.5, 0.6) is 0 Å². The van der Waals surface area contributed by atoms with Gasteiger partial charge in [0.2, 0.25) is 11.1 Å². The number of hydrogen-bond donors (Lipinski definition) is 4. The van der Waals surface area contributed by atoms with Crippen molar-refractivity contribution in [2.75, 3.05) is 22.7 Å². The molecule has 34 heavy (non-hydrogen) atoms. The number of hydrazine groups is 1. The van der Waals surface area contributed by atoms with Crippen molar-refractivity contribution in [3.05, 3.63) is 57.6 Å². The van der Waals surface area contributed by atoms with Crippen LogP contribution in [0.2, 0.25) is 10.0 Å². The Morgan fingerprint density at radius 1 is 1.26 bits per heavy atom. The van der Waals surface area contributed by atoms with Crippen molar-refractivity contribution in [3.63, 3.8) is 0 Å². The second kappa shape index (κ2) is 11.3. The maximum absolute atomic E-state index is 12.5. The summed E-state index contributed by atoms with van der Waals surface area (Å²) in [7, 11) is 0. The number of nitrogens with two attached hydrogens (primary N) is 2. The number of nitrogens with zero attached hydrogens (tertiary/aromatic N) is 2. The number of aliphatic hydroxyl groups is 1. The van der Waals surface area contributed by atoms with Crippen LogP contribution in [-0.2, 0) is 4.79 Å². The van der Waals surface area contributed by atoms with Crippen LogP contribution in [0.25, 0.3) is 0 Å². The molecule has 0 atom stereocenters. The highest BCUT2D eigenvalue weighted by Crippen LogP contribution is 2.42. The number of nitrogens with one attached hydrogen (secondary N) is 1. The Kier molecular flexibility index (Phi) is 8.74. The Balaban J connectivity index is 1.59. The second-order valence-electron chi connectivity index (χ2n) is 8.59. The van der Waals surface area contributed by atoms with Gasteiger partial charge in [0, 0.05) is 11.0 Å². The van der Waals surface area contributed by atoms with E-state index in [0.29, 0.717) is 32.9 Å². The normalized spacial score (nSPS) is 13.8. The van der Waals surface area contributed by atoms with Crippen LogP contribution in [0.15, 0.2) is 41.5 Å². The minimum atomic E-state index is -0.515. The Morgan fingerprint density at radius 3 is 2.59 bits per heavy atom. The molecule has 1 aliphatic carbocycles. The van der Waals surface area contributed by atoms with Gasteiger partial charge in [-0.15, -0.1) is 0 Å². The quantitative estimate of drug-likeness (QED) is 0.146. The first-order chi connectivity index (χ1) is 16.1. The fourth-order valence-corrected chi connectivity index (χ4v) is 4.10. The molecule has 2 aromatic carbocycles. The van der Waals surface area contributed by atoms with E-state index < -0.39 is 5.41 Å². The lowest BCUT2D eigenvalue weighted by Crippen LogP contribution is -2.37. The summed E-state index contributed by atoms with van der Waals surface area (Å²) in [4.78, 5) is 12.5. The lowest BCUT2D eigenvalue weighted by Gasteiger charge is -2.21. The zero-order valence-corrected chi connectivity index (χ0v) is 21.3. The number of carbonyl (C=O) groups excluding carboxylic acids is 1. The van der Waals surface area contributed by atoms with Crippen LogP contribution in [0, 0.1) is 17.3 Å². The predicted molar refractivity (Wildman–Crippen MR) is 142 cm³/mol. The molecule has 0 spiro atoms. The van der Waals surface area contributed by atoms with Gasteiger partial charge in [-0.05, 0) is 68.5 Å². The zero-order chi connectivity index (χ0) is 24.9. The maximum atomic E-state index is 12.5. The average Bonchev–Trinajstić information content (AvgIpc) is 3.65.